The molecule has 6 heteroatoms. The van der Waals surface area contributed by atoms with Crippen LogP contribution >= 0.6 is 0 Å². The second kappa shape index (κ2) is 10.1. The molecule has 130 valence electrons. The van der Waals surface area contributed by atoms with Gasteiger partial charge in [0.05, 0.1) is 13.1 Å². The van der Waals surface area contributed by atoms with Crippen molar-refractivity contribution in [3.05, 3.63) is 59.7 Å². The van der Waals surface area contributed by atoms with Crippen LogP contribution in [-0.4, -0.2) is 25.0 Å². The smallest absolute Gasteiger partial charge is 0.189 e. The summed E-state index contributed by atoms with van der Waals surface area (Å²) in [5.74, 6) is 0.839. The van der Waals surface area contributed by atoms with Crippen LogP contribution in [0.5, 0.6) is 0 Å². The van der Waals surface area contributed by atoms with Crippen molar-refractivity contribution < 1.29 is 0 Å². The monoisotopic (exact) mass is 328 g/mol. The molecule has 0 unspecified atom stereocenters. The van der Waals surface area contributed by atoms with Crippen LogP contribution < -0.4 is 22.1 Å². The molecule has 0 fully saturated rings. The first-order valence-electron chi connectivity index (χ1n) is 7.81. The molecule has 0 bridgehead atoms. The van der Waals surface area contributed by atoms with Crippen LogP contribution in [0.15, 0.2) is 58.6 Å². The van der Waals surface area contributed by atoms with Crippen molar-refractivity contribution >= 4 is 11.9 Å². The van der Waals surface area contributed by atoms with Gasteiger partial charge < -0.3 is 22.1 Å². The molecule has 0 aromatic heterocycles. The summed E-state index contributed by atoms with van der Waals surface area (Å²) in [6.07, 6.45) is 0. The molecule has 1 aromatic carbocycles. The summed E-state index contributed by atoms with van der Waals surface area (Å²) in [6.45, 7) is 13.8. The molecular weight excluding hydrogens is 300 g/mol. The first kappa shape index (κ1) is 19.3. The standard InChI is InChI=1S/C18H28N6/c1-13(2)9-21-17(19)23-11-15-5-7-16(8-6-15)12-24-18(20)22-10-14(3)4/h5-8H,1,3,9-12H2,2,4H3,(H3,19,21,23)(H3,20,22,24). The zero-order valence-corrected chi connectivity index (χ0v) is 14.6. The number of hydrogen-bond donors (Lipinski definition) is 4. The Kier molecular flexibility index (Phi) is 8.11. The number of guanidine groups is 2. The largest absolute Gasteiger partial charge is 0.370 e. The van der Waals surface area contributed by atoms with Gasteiger partial charge in [-0.15, -0.1) is 0 Å². The maximum atomic E-state index is 5.78. The summed E-state index contributed by atoms with van der Waals surface area (Å²) in [5.41, 5.74) is 15.7. The highest BCUT2D eigenvalue weighted by atomic mass is 15.1. The number of rotatable bonds is 8. The maximum absolute atomic E-state index is 5.78. The van der Waals surface area contributed by atoms with Gasteiger partial charge in [-0.05, 0) is 25.0 Å². The Morgan fingerprint density at radius 3 is 1.46 bits per heavy atom. The molecule has 0 saturated carbocycles. The number of aliphatic imine (C=N–C) groups is 2. The average molecular weight is 328 g/mol. The van der Waals surface area contributed by atoms with E-state index in [2.05, 4.69) is 33.8 Å². The van der Waals surface area contributed by atoms with Crippen molar-refractivity contribution in [2.75, 3.05) is 13.1 Å². The van der Waals surface area contributed by atoms with Crippen LogP contribution in [0.3, 0.4) is 0 Å². The molecule has 0 aliphatic heterocycles. The summed E-state index contributed by atoms with van der Waals surface area (Å²) in [6, 6.07) is 8.05. The van der Waals surface area contributed by atoms with Crippen LogP contribution in [0.2, 0.25) is 0 Å². The Morgan fingerprint density at radius 2 is 1.17 bits per heavy atom. The summed E-state index contributed by atoms with van der Waals surface area (Å²) < 4.78 is 0. The van der Waals surface area contributed by atoms with Crippen LogP contribution in [-0.2, 0) is 13.1 Å². The summed E-state index contributed by atoms with van der Waals surface area (Å²) >= 11 is 0. The van der Waals surface area contributed by atoms with Crippen molar-refractivity contribution in [2.24, 2.45) is 21.5 Å². The first-order valence-corrected chi connectivity index (χ1v) is 7.81. The predicted octanol–water partition coefficient (Wildman–Crippen LogP) is 1.65. The first-order chi connectivity index (χ1) is 11.4. The summed E-state index contributed by atoms with van der Waals surface area (Å²) in [4.78, 5) is 8.57. The van der Waals surface area contributed by atoms with E-state index in [0.29, 0.717) is 38.1 Å². The highest BCUT2D eigenvalue weighted by molar-refractivity contribution is 5.78. The summed E-state index contributed by atoms with van der Waals surface area (Å²) in [7, 11) is 0. The van der Waals surface area contributed by atoms with E-state index >= 15 is 0 Å². The van der Waals surface area contributed by atoms with Crippen molar-refractivity contribution in [3.63, 3.8) is 0 Å². The number of benzene rings is 1. The number of nitrogens with zero attached hydrogens (tertiary/aromatic N) is 2. The zero-order chi connectivity index (χ0) is 17.9. The Labute approximate surface area is 144 Å². The second-order valence-corrected chi connectivity index (χ2v) is 5.84. The van der Waals surface area contributed by atoms with Gasteiger partial charge >= 0.3 is 0 Å². The molecule has 0 aliphatic carbocycles. The van der Waals surface area contributed by atoms with E-state index in [1.807, 2.05) is 38.1 Å². The third-order valence-corrected chi connectivity index (χ3v) is 3.03. The van der Waals surface area contributed by atoms with E-state index in [9.17, 15) is 0 Å². The minimum atomic E-state index is 0.419. The Hall–Kier alpha value is -2.76. The molecule has 24 heavy (non-hydrogen) atoms. The van der Waals surface area contributed by atoms with Gasteiger partial charge in [0.15, 0.2) is 11.9 Å². The minimum Gasteiger partial charge on any atom is -0.370 e. The Morgan fingerprint density at radius 1 is 0.833 bits per heavy atom. The molecule has 0 spiro atoms. The van der Waals surface area contributed by atoms with Gasteiger partial charge in [0.2, 0.25) is 0 Å². The molecule has 6 nitrogen and oxygen atoms in total. The van der Waals surface area contributed by atoms with Gasteiger partial charge in [-0.2, -0.15) is 0 Å². The lowest BCUT2D eigenvalue weighted by Gasteiger charge is -2.06. The third kappa shape index (κ3) is 8.63. The van der Waals surface area contributed by atoms with Crippen molar-refractivity contribution in [1.29, 1.82) is 0 Å². The quantitative estimate of drug-likeness (QED) is 0.331. The van der Waals surface area contributed by atoms with Gasteiger partial charge in [0.25, 0.3) is 0 Å². The van der Waals surface area contributed by atoms with Crippen molar-refractivity contribution in [1.82, 2.24) is 10.6 Å². The normalized spacial score (nSPS) is 11.9. The molecule has 0 amide bonds. The molecule has 0 heterocycles. The second-order valence-electron chi connectivity index (χ2n) is 5.84. The fraction of sp³-hybridized carbons (Fsp3) is 0.333. The van der Waals surface area contributed by atoms with Crippen LogP contribution in [0, 0.1) is 0 Å². The molecule has 0 aliphatic rings. The molecular formula is C18H28N6. The molecule has 1 aromatic rings. The van der Waals surface area contributed by atoms with Crippen molar-refractivity contribution in [3.8, 4) is 0 Å². The van der Waals surface area contributed by atoms with E-state index in [4.69, 9.17) is 11.5 Å². The van der Waals surface area contributed by atoms with Gasteiger partial charge in [-0.3, -0.25) is 0 Å². The molecule has 0 atom stereocenters. The Bertz CT molecular complexity index is 558. The van der Waals surface area contributed by atoms with Crippen molar-refractivity contribution in [2.45, 2.75) is 26.9 Å². The average Bonchev–Trinajstić information content (AvgIpc) is 2.55. The maximum Gasteiger partial charge on any atom is 0.189 e. The lowest BCUT2D eigenvalue weighted by Crippen LogP contribution is -2.32. The number of nitrogens with one attached hydrogen (secondary N) is 2. The Balaban J connectivity index is 2.48. The van der Waals surface area contributed by atoms with E-state index < -0.39 is 0 Å². The number of hydrogen-bond acceptors (Lipinski definition) is 2. The predicted molar refractivity (Wildman–Crippen MR) is 103 cm³/mol. The molecule has 1 rings (SSSR count). The van der Waals surface area contributed by atoms with Gasteiger partial charge in [0, 0.05) is 13.1 Å². The van der Waals surface area contributed by atoms with E-state index in [1.165, 1.54) is 0 Å². The highest BCUT2D eigenvalue weighted by Gasteiger charge is 1.97. The zero-order valence-electron chi connectivity index (χ0n) is 14.6. The highest BCUT2D eigenvalue weighted by Crippen LogP contribution is 2.06. The number of nitrogens with two attached hydrogens (primary N) is 2. The molecule has 0 saturated heterocycles. The fourth-order valence-electron chi connectivity index (χ4n) is 1.70. The van der Waals surface area contributed by atoms with Crippen LogP contribution in [0.25, 0.3) is 0 Å². The lowest BCUT2D eigenvalue weighted by atomic mass is 10.1. The van der Waals surface area contributed by atoms with Crippen LogP contribution in [0.1, 0.15) is 25.0 Å². The SMILES string of the molecule is C=C(C)CNC(N)=NCc1ccc(CN=C(N)NCC(=C)C)cc1. The third-order valence-electron chi connectivity index (χ3n) is 3.03. The van der Waals surface area contributed by atoms with E-state index in [-0.39, 0.29) is 0 Å². The molecule has 0 radical (unpaired) electrons. The van der Waals surface area contributed by atoms with E-state index in [0.717, 1.165) is 22.3 Å². The van der Waals surface area contributed by atoms with E-state index in [1.54, 1.807) is 0 Å². The van der Waals surface area contributed by atoms with Gasteiger partial charge in [0.1, 0.15) is 0 Å². The summed E-state index contributed by atoms with van der Waals surface area (Å²) in [5, 5.41) is 6.00. The fourth-order valence-corrected chi connectivity index (χ4v) is 1.70. The minimum absolute atomic E-state index is 0.419. The molecule has 6 N–H and O–H groups in total. The van der Waals surface area contributed by atoms with Crippen LogP contribution in [0.4, 0.5) is 0 Å². The van der Waals surface area contributed by atoms with Gasteiger partial charge in [-0.25, -0.2) is 9.98 Å². The topological polar surface area (TPSA) is 101 Å². The van der Waals surface area contributed by atoms with Gasteiger partial charge in [-0.1, -0.05) is 48.6 Å². The lowest BCUT2D eigenvalue weighted by molar-refractivity contribution is 0.933.